The Bertz CT molecular complexity index is 371. The first-order chi connectivity index (χ1) is 6.60. The predicted molar refractivity (Wildman–Crippen MR) is 65.9 cm³/mol. The maximum absolute atomic E-state index is 11.5. The van der Waals surface area contributed by atoms with Gasteiger partial charge in [0.05, 0.1) is 9.26 Å². The summed E-state index contributed by atoms with van der Waals surface area (Å²) in [5.41, 5.74) is 0.733. The predicted octanol–water partition coefficient (Wildman–Crippen LogP) is 1.53. The first-order valence-corrected chi connectivity index (χ1v) is 5.69. The van der Waals surface area contributed by atoms with Crippen LogP contribution in [0.5, 0.6) is 0 Å². The maximum atomic E-state index is 11.5. The molecule has 1 rings (SSSR count). The third-order valence-corrected chi connectivity index (χ3v) is 3.35. The van der Waals surface area contributed by atoms with Gasteiger partial charge in [0.2, 0.25) is 5.95 Å². The Hall–Kier alpha value is -0.590. The van der Waals surface area contributed by atoms with Crippen molar-refractivity contribution in [2.24, 2.45) is 0 Å². The zero-order chi connectivity index (χ0) is 10.7. The molecule has 0 saturated carbocycles. The van der Waals surface area contributed by atoms with Gasteiger partial charge in [-0.15, -0.1) is 0 Å². The molecule has 1 aromatic rings. The van der Waals surface area contributed by atoms with E-state index < -0.39 is 0 Å². The highest BCUT2D eigenvalue weighted by Gasteiger charge is 2.08. The van der Waals surface area contributed by atoms with Gasteiger partial charge in [-0.3, -0.25) is 9.78 Å². The van der Waals surface area contributed by atoms with Crippen molar-refractivity contribution in [2.45, 2.75) is 20.8 Å². The Kier molecular flexibility index (Phi) is 3.91. The van der Waals surface area contributed by atoms with Crippen molar-refractivity contribution < 1.29 is 0 Å². The molecule has 78 valence electrons. The van der Waals surface area contributed by atoms with E-state index in [9.17, 15) is 4.79 Å². The second-order valence-corrected chi connectivity index (χ2v) is 4.04. The van der Waals surface area contributed by atoms with Crippen LogP contribution in [0.15, 0.2) is 4.79 Å². The van der Waals surface area contributed by atoms with Crippen molar-refractivity contribution in [2.75, 3.05) is 18.0 Å². The third-order valence-electron chi connectivity index (χ3n) is 2.08. The summed E-state index contributed by atoms with van der Waals surface area (Å²) in [7, 11) is 0. The van der Waals surface area contributed by atoms with E-state index in [2.05, 4.69) is 9.97 Å². The lowest BCUT2D eigenvalue weighted by atomic mass is 10.4. The average Bonchev–Trinajstić information content (AvgIpc) is 2.16. The molecule has 0 aliphatic heterocycles. The van der Waals surface area contributed by atoms with E-state index in [0.717, 1.165) is 18.8 Å². The monoisotopic (exact) mass is 307 g/mol. The van der Waals surface area contributed by atoms with E-state index in [1.54, 1.807) is 0 Å². The number of nitrogens with one attached hydrogen (secondary N) is 1. The van der Waals surface area contributed by atoms with Crippen LogP contribution in [0.1, 0.15) is 19.5 Å². The molecule has 0 fully saturated rings. The molecule has 14 heavy (non-hydrogen) atoms. The van der Waals surface area contributed by atoms with Crippen LogP contribution in [-0.4, -0.2) is 23.1 Å². The number of hydrogen-bond donors (Lipinski definition) is 1. The molecule has 0 unspecified atom stereocenters. The lowest BCUT2D eigenvalue weighted by Crippen LogP contribution is -2.28. The smallest absolute Gasteiger partial charge is 0.265 e. The first-order valence-electron chi connectivity index (χ1n) is 4.61. The highest BCUT2D eigenvalue weighted by Crippen LogP contribution is 2.08. The molecule has 0 atom stereocenters. The first kappa shape index (κ1) is 11.5. The van der Waals surface area contributed by atoms with E-state index in [1.807, 2.05) is 48.3 Å². The Morgan fingerprint density at radius 2 is 2.00 bits per heavy atom. The van der Waals surface area contributed by atoms with Gasteiger partial charge in [0.15, 0.2) is 0 Å². The van der Waals surface area contributed by atoms with Crippen LogP contribution in [0.3, 0.4) is 0 Å². The van der Waals surface area contributed by atoms with Crippen molar-refractivity contribution in [1.82, 2.24) is 9.97 Å². The zero-order valence-corrected chi connectivity index (χ0v) is 10.8. The topological polar surface area (TPSA) is 49.0 Å². The highest BCUT2D eigenvalue weighted by atomic mass is 127. The molecular formula is C9H14IN3O. The summed E-state index contributed by atoms with van der Waals surface area (Å²) in [6.45, 7) is 7.62. The zero-order valence-electron chi connectivity index (χ0n) is 8.59. The van der Waals surface area contributed by atoms with Crippen LogP contribution in [0.25, 0.3) is 0 Å². The molecular weight excluding hydrogens is 293 g/mol. The summed E-state index contributed by atoms with van der Waals surface area (Å²) in [4.78, 5) is 20.6. The maximum Gasteiger partial charge on any atom is 0.265 e. The minimum atomic E-state index is -0.0556. The summed E-state index contributed by atoms with van der Waals surface area (Å²) < 4.78 is 0.665. The Labute approximate surface area is 96.9 Å². The van der Waals surface area contributed by atoms with Crippen LogP contribution in [0.2, 0.25) is 0 Å². The number of H-pyrrole nitrogens is 1. The minimum absolute atomic E-state index is 0.0556. The van der Waals surface area contributed by atoms with Crippen molar-refractivity contribution in [3.8, 4) is 0 Å². The molecule has 4 nitrogen and oxygen atoms in total. The van der Waals surface area contributed by atoms with Crippen molar-refractivity contribution in [1.29, 1.82) is 0 Å². The largest absolute Gasteiger partial charge is 0.343 e. The van der Waals surface area contributed by atoms with Crippen molar-refractivity contribution in [3.05, 3.63) is 19.6 Å². The average molecular weight is 307 g/mol. The second-order valence-electron chi connectivity index (χ2n) is 2.96. The molecule has 0 aliphatic rings. The van der Waals surface area contributed by atoms with Gasteiger partial charge in [0.25, 0.3) is 5.56 Å². The lowest BCUT2D eigenvalue weighted by molar-refractivity contribution is 0.808. The lowest BCUT2D eigenvalue weighted by Gasteiger charge is -2.19. The van der Waals surface area contributed by atoms with E-state index in [-0.39, 0.29) is 5.56 Å². The van der Waals surface area contributed by atoms with Gasteiger partial charge < -0.3 is 4.90 Å². The van der Waals surface area contributed by atoms with Gasteiger partial charge in [0, 0.05) is 13.1 Å². The summed E-state index contributed by atoms with van der Waals surface area (Å²) >= 11 is 2.01. The SMILES string of the molecule is CCN(CC)c1nc(C)c(I)c(=O)[nH]1. The number of hydrogen-bond acceptors (Lipinski definition) is 3. The van der Waals surface area contributed by atoms with Crippen LogP contribution in [0.4, 0.5) is 5.95 Å². The number of aryl methyl sites for hydroxylation is 1. The second kappa shape index (κ2) is 4.77. The van der Waals surface area contributed by atoms with Gasteiger partial charge in [-0.2, -0.15) is 0 Å². The van der Waals surface area contributed by atoms with Crippen LogP contribution < -0.4 is 10.5 Å². The Morgan fingerprint density at radius 3 is 2.43 bits per heavy atom. The van der Waals surface area contributed by atoms with Crippen LogP contribution in [0, 0.1) is 10.5 Å². The quantitative estimate of drug-likeness (QED) is 0.862. The molecule has 0 spiro atoms. The summed E-state index contributed by atoms with van der Waals surface area (Å²) in [5, 5.41) is 0. The van der Waals surface area contributed by atoms with Gasteiger partial charge >= 0.3 is 0 Å². The minimum Gasteiger partial charge on any atom is -0.343 e. The fraction of sp³-hybridized carbons (Fsp3) is 0.556. The van der Waals surface area contributed by atoms with Crippen LogP contribution >= 0.6 is 22.6 Å². The van der Waals surface area contributed by atoms with Crippen molar-refractivity contribution in [3.63, 3.8) is 0 Å². The molecule has 0 amide bonds. The molecule has 1 N–H and O–H groups in total. The molecule has 5 heteroatoms. The Balaban J connectivity index is 3.18. The molecule has 0 saturated heterocycles. The third kappa shape index (κ3) is 2.26. The number of anilines is 1. The standard InChI is InChI=1S/C9H14IN3O/c1-4-13(5-2)9-11-6(3)7(10)8(14)12-9/h4-5H2,1-3H3,(H,11,12,14). The molecule has 0 aliphatic carbocycles. The van der Waals surface area contributed by atoms with Crippen molar-refractivity contribution >= 4 is 28.5 Å². The fourth-order valence-corrected chi connectivity index (χ4v) is 1.48. The highest BCUT2D eigenvalue weighted by molar-refractivity contribution is 14.1. The number of rotatable bonds is 3. The number of aromatic amines is 1. The number of halogens is 1. The van der Waals surface area contributed by atoms with E-state index in [0.29, 0.717) is 9.52 Å². The van der Waals surface area contributed by atoms with Crippen LogP contribution in [-0.2, 0) is 0 Å². The summed E-state index contributed by atoms with van der Waals surface area (Å²) in [6.07, 6.45) is 0. The fourth-order valence-electron chi connectivity index (χ4n) is 1.23. The number of nitrogens with zero attached hydrogens (tertiary/aromatic N) is 2. The summed E-state index contributed by atoms with van der Waals surface area (Å²) in [6, 6.07) is 0. The van der Waals surface area contributed by atoms with Gasteiger partial charge in [-0.25, -0.2) is 4.98 Å². The van der Waals surface area contributed by atoms with E-state index in [4.69, 9.17) is 0 Å². The normalized spacial score (nSPS) is 10.3. The van der Waals surface area contributed by atoms with Gasteiger partial charge in [0.1, 0.15) is 0 Å². The Morgan fingerprint density at radius 1 is 1.43 bits per heavy atom. The number of aromatic nitrogens is 2. The molecule has 0 radical (unpaired) electrons. The summed E-state index contributed by atoms with van der Waals surface area (Å²) in [5.74, 6) is 0.665. The molecule has 1 heterocycles. The molecule has 0 bridgehead atoms. The molecule has 1 aromatic heterocycles. The molecule has 0 aromatic carbocycles. The van der Waals surface area contributed by atoms with Gasteiger partial charge in [-0.05, 0) is 43.4 Å². The van der Waals surface area contributed by atoms with Gasteiger partial charge in [-0.1, -0.05) is 0 Å². The van der Waals surface area contributed by atoms with E-state index in [1.165, 1.54) is 0 Å². The van der Waals surface area contributed by atoms with E-state index >= 15 is 0 Å².